The number of amides is 1. The Bertz CT molecular complexity index is 790. The summed E-state index contributed by atoms with van der Waals surface area (Å²) in [7, 11) is 1.66. The third-order valence-electron chi connectivity index (χ3n) is 5.59. The molecule has 3 rings (SSSR count). The van der Waals surface area contributed by atoms with Crippen molar-refractivity contribution in [1.29, 1.82) is 0 Å². The summed E-state index contributed by atoms with van der Waals surface area (Å²) >= 11 is 0. The number of rotatable bonds is 7. The fourth-order valence-electron chi connectivity index (χ4n) is 3.84. The van der Waals surface area contributed by atoms with E-state index in [1.165, 1.54) is 0 Å². The van der Waals surface area contributed by atoms with E-state index in [2.05, 4.69) is 36.0 Å². The quantitative estimate of drug-likeness (QED) is 0.774. The van der Waals surface area contributed by atoms with Crippen LogP contribution in [-0.4, -0.2) is 59.5 Å². The second-order valence-corrected chi connectivity index (χ2v) is 7.78. The van der Waals surface area contributed by atoms with Crippen LogP contribution in [0.4, 0.5) is 5.82 Å². The molecule has 1 atom stereocenters. The maximum absolute atomic E-state index is 12.9. The van der Waals surface area contributed by atoms with Gasteiger partial charge in [0.1, 0.15) is 11.6 Å². The largest absolute Gasteiger partial charge is 0.497 e. The summed E-state index contributed by atoms with van der Waals surface area (Å²) in [4.78, 5) is 21.8. The van der Waals surface area contributed by atoms with E-state index in [1.807, 2.05) is 41.3 Å². The van der Waals surface area contributed by atoms with Crippen LogP contribution in [0.25, 0.3) is 0 Å². The highest BCUT2D eigenvalue weighted by Crippen LogP contribution is 2.18. The molecule has 1 amide bonds. The molecule has 1 N–H and O–H groups in total. The minimum Gasteiger partial charge on any atom is -0.497 e. The Kier molecular flexibility index (Phi) is 7.09. The maximum atomic E-state index is 12.9. The number of piperazine rings is 1. The number of anilines is 1. The maximum Gasteiger partial charge on any atom is 0.255 e. The molecule has 0 spiro atoms. The monoisotopic (exact) mass is 396 g/mol. The van der Waals surface area contributed by atoms with E-state index in [0.29, 0.717) is 24.2 Å². The Balaban J connectivity index is 1.57. The van der Waals surface area contributed by atoms with Crippen LogP contribution in [0.3, 0.4) is 0 Å². The first-order valence-electron chi connectivity index (χ1n) is 10.4. The van der Waals surface area contributed by atoms with E-state index in [1.54, 1.807) is 13.3 Å². The van der Waals surface area contributed by atoms with Gasteiger partial charge in [0.15, 0.2) is 0 Å². The van der Waals surface area contributed by atoms with E-state index < -0.39 is 0 Å². The van der Waals surface area contributed by atoms with Gasteiger partial charge in [-0.1, -0.05) is 19.1 Å². The molecule has 1 saturated heterocycles. The predicted molar refractivity (Wildman–Crippen MR) is 116 cm³/mol. The van der Waals surface area contributed by atoms with Gasteiger partial charge < -0.3 is 15.0 Å². The second-order valence-electron chi connectivity index (χ2n) is 7.78. The molecule has 0 saturated carbocycles. The SMILES string of the molecule is CC[C@@H]1CN(C(=O)c2ccc(NCc3ccc(OC)cc3)nc2)CCN1C(C)C. The van der Waals surface area contributed by atoms with Crippen molar-refractivity contribution in [3.05, 3.63) is 53.7 Å². The summed E-state index contributed by atoms with van der Waals surface area (Å²) in [5, 5.41) is 3.30. The topological polar surface area (TPSA) is 57.7 Å². The zero-order valence-corrected chi connectivity index (χ0v) is 17.9. The average Bonchev–Trinajstić information content (AvgIpc) is 2.77. The Hall–Kier alpha value is -2.60. The van der Waals surface area contributed by atoms with E-state index in [-0.39, 0.29) is 5.91 Å². The van der Waals surface area contributed by atoms with Crippen LogP contribution in [0.2, 0.25) is 0 Å². The second kappa shape index (κ2) is 9.74. The van der Waals surface area contributed by atoms with E-state index >= 15 is 0 Å². The number of nitrogens with zero attached hydrogens (tertiary/aromatic N) is 3. The summed E-state index contributed by atoms with van der Waals surface area (Å²) in [5.41, 5.74) is 1.79. The van der Waals surface area contributed by atoms with Gasteiger partial charge in [0.2, 0.25) is 0 Å². The number of aromatic nitrogens is 1. The highest BCUT2D eigenvalue weighted by Gasteiger charge is 2.30. The van der Waals surface area contributed by atoms with E-state index in [0.717, 1.165) is 43.2 Å². The van der Waals surface area contributed by atoms with Gasteiger partial charge in [0.05, 0.1) is 12.7 Å². The zero-order chi connectivity index (χ0) is 20.8. The lowest BCUT2D eigenvalue weighted by Gasteiger charge is -2.43. The number of carbonyl (C=O) groups is 1. The number of methoxy groups -OCH3 is 1. The first-order valence-corrected chi connectivity index (χ1v) is 10.4. The summed E-state index contributed by atoms with van der Waals surface area (Å²) < 4.78 is 5.18. The highest BCUT2D eigenvalue weighted by molar-refractivity contribution is 5.94. The number of hydrogen-bond donors (Lipinski definition) is 1. The molecule has 1 aliphatic heterocycles. The summed E-state index contributed by atoms with van der Waals surface area (Å²) in [6.07, 6.45) is 2.73. The lowest BCUT2D eigenvalue weighted by molar-refractivity contribution is 0.0371. The van der Waals surface area contributed by atoms with Gasteiger partial charge in [-0.3, -0.25) is 9.69 Å². The van der Waals surface area contributed by atoms with Gasteiger partial charge in [-0.05, 0) is 50.1 Å². The molecular weight excluding hydrogens is 364 g/mol. The van der Waals surface area contributed by atoms with Crippen LogP contribution < -0.4 is 10.1 Å². The number of nitrogens with one attached hydrogen (secondary N) is 1. The van der Waals surface area contributed by atoms with Gasteiger partial charge in [0, 0.05) is 44.5 Å². The lowest BCUT2D eigenvalue weighted by Crippen LogP contribution is -2.56. The van der Waals surface area contributed by atoms with Crippen molar-refractivity contribution in [3.63, 3.8) is 0 Å². The molecule has 0 radical (unpaired) electrons. The van der Waals surface area contributed by atoms with Crippen LogP contribution in [-0.2, 0) is 6.54 Å². The molecular formula is C23H32N4O2. The smallest absolute Gasteiger partial charge is 0.255 e. The van der Waals surface area contributed by atoms with Crippen molar-refractivity contribution in [2.45, 2.75) is 45.8 Å². The molecule has 0 bridgehead atoms. The third kappa shape index (κ3) is 5.26. The van der Waals surface area contributed by atoms with Crippen molar-refractivity contribution in [1.82, 2.24) is 14.8 Å². The Morgan fingerprint density at radius 2 is 1.97 bits per heavy atom. The van der Waals surface area contributed by atoms with Gasteiger partial charge in [-0.25, -0.2) is 4.98 Å². The Morgan fingerprint density at radius 1 is 1.21 bits per heavy atom. The van der Waals surface area contributed by atoms with Gasteiger partial charge in [-0.15, -0.1) is 0 Å². The number of ether oxygens (including phenoxy) is 1. The molecule has 6 nitrogen and oxygen atoms in total. The first kappa shape index (κ1) is 21.1. The predicted octanol–water partition coefficient (Wildman–Crippen LogP) is 3.65. The van der Waals surface area contributed by atoms with Crippen LogP contribution in [0.15, 0.2) is 42.6 Å². The van der Waals surface area contributed by atoms with Gasteiger partial charge in [0.25, 0.3) is 5.91 Å². The molecule has 6 heteroatoms. The molecule has 2 heterocycles. The average molecular weight is 397 g/mol. The van der Waals surface area contributed by atoms with Crippen molar-refractivity contribution in [3.8, 4) is 5.75 Å². The van der Waals surface area contributed by atoms with Crippen molar-refractivity contribution < 1.29 is 9.53 Å². The first-order chi connectivity index (χ1) is 14.0. The molecule has 1 aromatic carbocycles. The van der Waals surface area contributed by atoms with Crippen LogP contribution in [0.5, 0.6) is 5.75 Å². The van der Waals surface area contributed by atoms with Crippen LogP contribution >= 0.6 is 0 Å². The fourth-order valence-corrected chi connectivity index (χ4v) is 3.84. The van der Waals surface area contributed by atoms with Crippen LogP contribution in [0, 0.1) is 0 Å². The van der Waals surface area contributed by atoms with E-state index in [9.17, 15) is 4.79 Å². The summed E-state index contributed by atoms with van der Waals surface area (Å²) in [6, 6.07) is 12.6. The molecule has 0 aliphatic carbocycles. The molecule has 0 unspecified atom stereocenters. The Morgan fingerprint density at radius 3 is 2.55 bits per heavy atom. The van der Waals surface area contributed by atoms with Crippen molar-refractivity contribution >= 4 is 11.7 Å². The summed E-state index contributed by atoms with van der Waals surface area (Å²) in [6.45, 7) is 9.79. The number of benzene rings is 1. The molecule has 156 valence electrons. The van der Waals surface area contributed by atoms with Crippen LogP contribution in [0.1, 0.15) is 43.1 Å². The standard InChI is InChI=1S/C23H32N4O2/c1-5-20-16-26(12-13-27(20)17(2)3)23(28)19-8-11-22(25-15-19)24-14-18-6-9-21(29-4)10-7-18/h6-11,15,17,20H,5,12-14,16H2,1-4H3,(H,24,25)/t20-/m1/s1. The van der Waals surface area contributed by atoms with Crippen molar-refractivity contribution in [2.24, 2.45) is 0 Å². The van der Waals surface area contributed by atoms with Gasteiger partial charge >= 0.3 is 0 Å². The minimum atomic E-state index is 0.0704. The van der Waals surface area contributed by atoms with E-state index in [4.69, 9.17) is 4.74 Å². The fraction of sp³-hybridized carbons (Fsp3) is 0.478. The Labute approximate surface area is 173 Å². The molecule has 29 heavy (non-hydrogen) atoms. The number of carbonyl (C=O) groups excluding carboxylic acids is 1. The molecule has 1 aliphatic rings. The zero-order valence-electron chi connectivity index (χ0n) is 17.9. The van der Waals surface area contributed by atoms with Gasteiger partial charge in [-0.2, -0.15) is 0 Å². The molecule has 2 aromatic rings. The minimum absolute atomic E-state index is 0.0704. The number of pyridine rings is 1. The lowest BCUT2D eigenvalue weighted by atomic mass is 10.1. The third-order valence-corrected chi connectivity index (χ3v) is 5.59. The highest BCUT2D eigenvalue weighted by atomic mass is 16.5. The van der Waals surface area contributed by atoms with Crippen molar-refractivity contribution in [2.75, 3.05) is 32.1 Å². The number of hydrogen-bond acceptors (Lipinski definition) is 5. The molecule has 1 aromatic heterocycles. The molecule has 1 fully saturated rings. The normalized spacial score (nSPS) is 17.4. The summed E-state index contributed by atoms with van der Waals surface area (Å²) in [5.74, 6) is 1.67.